The third kappa shape index (κ3) is 3.75. The fourth-order valence-electron chi connectivity index (χ4n) is 4.17. The van der Waals surface area contributed by atoms with E-state index in [1.54, 1.807) is 11.8 Å². The third-order valence-corrected chi connectivity index (χ3v) is 6.66. The minimum Gasteiger partial charge on any atom is -0.492 e. The van der Waals surface area contributed by atoms with Gasteiger partial charge in [-0.25, -0.2) is 0 Å². The molecule has 162 valence electrons. The van der Waals surface area contributed by atoms with Crippen molar-refractivity contribution in [1.29, 1.82) is 0 Å². The third-order valence-electron chi connectivity index (χ3n) is 5.72. The first kappa shape index (κ1) is 20.6. The van der Waals surface area contributed by atoms with Crippen molar-refractivity contribution in [1.82, 2.24) is 19.3 Å². The van der Waals surface area contributed by atoms with E-state index in [2.05, 4.69) is 87.9 Å². The van der Waals surface area contributed by atoms with Crippen molar-refractivity contribution in [2.45, 2.75) is 32.1 Å². The summed E-state index contributed by atoms with van der Waals surface area (Å²) < 4.78 is 10.6. The molecule has 0 saturated carbocycles. The molecule has 0 amide bonds. The minimum absolute atomic E-state index is 0.611. The number of fused-ring (bicyclic) bond motifs is 2. The zero-order valence-corrected chi connectivity index (χ0v) is 19.2. The lowest BCUT2D eigenvalue weighted by Gasteiger charge is -2.10. The molecule has 5 nitrogen and oxygen atoms in total. The van der Waals surface area contributed by atoms with E-state index < -0.39 is 0 Å². The molecule has 0 aliphatic carbocycles. The van der Waals surface area contributed by atoms with Gasteiger partial charge in [-0.15, -0.1) is 10.2 Å². The van der Waals surface area contributed by atoms with E-state index in [4.69, 9.17) is 4.74 Å². The van der Waals surface area contributed by atoms with E-state index in [1.165, 1.54) is 16.3 Å². The highest BCUT2D eigenvalue weighted by Crippen LogP contribution is 2.32. The van der Waals surface area contributed by atoms with Crippen molar-refractivity contribution in [2.75, 3.05) is 12.4 Å². The van der Waals surface area contributed by atoms with E-state index in [-0.39, 0.29) is 0 Å². The summed E-state index contributed by atoms with van der Waals surface area (Å²) in [6, 6.07) is 23.0. The second kappa shape index (κ2) is 9.09. The van der Waals surface area contributed by atoms with Gasteiger partial charge in [0.1, 0.15) is 5.75 Å². The molecule has 0 aliphatic heterocycles. The Hall–Kier alpha value is -3.25. The molecule has 0 spiro atoms. The molecule has 0 aliphatic rings. The summed E-state index contributed by atoms with van der Waals surface area (Å²) in [5, 5.41) is 13.6. The SMILES string of the molecule is CCn1c(SCCOc2cccc3ccccc23)nnc1-c1cn(CC)c2ccccc12. The molecule has 6 heteroatoms. The topological polar surface area (TPSA) is 44.9 Å². The van der Waals surface area contributed by atoms with Crippen LogP contribution < -0.4 is 4.74 Å². The van der Waals surface area contributed by atoms with Crippen molar-refractivity contribution in [2.24, 2.45) is 0 Å². The Balaban J connectivity index is 1.33. The molecule has 0 bridgehead atoms. The Morgan fingerprint density at radius 3 is 2.47 bits per heavy atom. The second-order valence-corrected chi connectivity index (χ2v) is 8.63. The van der Waals surface area contributed by atoms with Crippen LogP contribution in [0.2, 0.25) is 0 Å². The van der Waals surface area contributed by atoms with E-state index in [1.807, 2.05) is 18.2 Å². The smallest absolute Gasteiger partial charge is 0.191 e. The maximum absolute atomic E-state index is 6.10. The zero-order valence-electron chi connectivity index (χ0n) is 18.4. The Bertz CT molecular complexity index is 1370. The van der Waals surface area contributed by atoms with E-state index in [9.17, 15) is 0 Å². The average molecular weight is 443 g/mol. The van der Waals surface area contributed by atoms with Crippen molar-refractivity contribution < 1.29 is 4.74 Å². The van der Waals surface area contributed by atoms with E-state index in [0.29, 0.717) is 6.61 Å². The lowest BCUT2D eigenvalue weighted by Crippen LogP contribution is -2.04. The first-order valence-electron chi connectivity index (χ1n) is 11.0. The molecule has 0 unspecified atom stereocenters. The van der Waals surface area contributed by atoms with Gasteiger partial charge in [0, 0.05) is 46.9 Å². The zero-order chi connectivity index (χ0) is 21.9. The van der Waals surface area contributed by atoms with Crippen LogP contribution in [0.15, 0.2) is 78.1 Å². The lowest BCUT2D eigenvalue weighted by molar-refractivity contribution is 0.348. The summed E-state index contributed by atoms with van der Waals surface area (Å²) in [5.41, 5.74) is 2.36. The van der Waals surface area contributed by atoms with Crippen molar-refractivity contribution in [3.63, 3.8) is 0 Å². The maximum Gasteiger partial charge on any atom is 0.191 e. The Kier molecular flexibility index (Phi) is 5.86. The van der Waals surface area contributed by atoms with Gasteiger partial charge < -0.3 is 13.9 Å². The Labute approximate surface area is 192 Å². The first-order chi connectivity index (χ1) is 15.8. The van der Waals surface area contributed by atoms with Gasteiger partial charge in [-0.05, 0) is 31.4 Å². The molecular weight excluding hydrogens is 416 g/mol. The number of hydrogen-bond donors (Lipinski definition) is 0. The van der Waals surface area contributed by atoms with Crippen LogP contribution >= 0.6 is 11.8 Å². The highest BCUT2D eigenvalue weighted by atomic mass is 32.2. The van der Waals surface area contributed by atoms with Gasteiger partial charge in [-0.2, -0.15) is 0 Å². The number of nitrogens with zero attached hydrogens (tertiary/aromatic N) is 4. The highest BCUT2D eigenvalue weighted by molar-refractivity contribution is 7.99. The fourth-order valence-corrected chi connectivity index (χ4v) is 4.99. The summed E-state index contributed by atoms with van der Waals surface area (Å²) in [5.74, 6) is 2.65. The molecule has 32 heavy (non-hydrogen) atoms. The summed E-state index contributed by atoms with van der Waals surface area (Å²) in [4.78, 5) is 0. The predicted molar refractivity (Wildman–Crippen MR) is 132 cm³/mol. The highest BCUT2D eigenvalue weighted by Gasteiger charge is 2.18. The van der Waals surface area contributed by atoms with Crippen LogP contribution in [0.1, 0.15) is 13.8 Å². The summed E-state index contributed by atoms with van der Waals surface area (Å²) in [6.07, 6.45) is 2.19. The Morgan fingerprint density at radius 2 is 1.62 bits per heavy atom. The molecule has 5 rings (SSSR count). The molecule has 0 saturated heterocycles. The lowest BCUT2D eigenvalue weighted by atomic mass is 10.1. The molecule has 0 N–H and O–H groups in total. The quantitative estimate of drug-likeness (QED) is 0.210. The van der Waals surface area contributed by atoms with Crippen molar-refractivity contribution in [3.05, 3.63) is 72.9 Å². The minimum atomic E-state index is 0.611. The molecule has 0 radical (unpaired) electrons. The van der Waals surface area contributed by atoms with Crippen molar-refractivity contribution >= 4 is 33.4 Å². The van der Waals surface area contributed by atoms with Crippen LogP contribution in [-0.4, -0.2) is 31.7 Å². The van der Waals surface area contributed by atoms with Gasteiger partial charge in [-0.1, -0.05) is 66.4 Å². The fraction of sp³-hybridized carbons (Fsp3) is 0.231. The molecule has 0 atom stereocenters. The van der Waals surface area contributed by atoms with Gasteiger partial charge in [0.2, 0.25) is 0 Å². The number of thioether (sulfide) groups is 1. The van der Waals surface area contributed by atoms with Gasteiger partial charge in [-0.3, -0.25) is 0 Å². The molecule has 0 fully saturated rings. The number of benzene rings is 3. The number of para-hydroxylation sites is 1. The largest absolute Gasteiger partial charge is 0.492 e. The number of hydrogen-bond acceptors (Lipinski definition) is 4. The average Bonchev–Trinajstić information content (AvgIpc) is 3.42. The van der Waals surface area contributed by atoms with Crippen LogP contribution in [0.4, 0.5) is 0 Å². The Morgan fingerprint density at radius 1 is 0.844 bits per heavy atom. The normalized spacial score (nSPS) is 11.4. The van der Waals surface area contributed by atoms with Crippen LogP contribution in [0.3, 0.4) is 0 Å². The molecule has 3 aromatic carbocycles. The number of aryl methyl sites for hydroxylation is 1. The molecule has 2 heterocycles. The van der Waals surface area contributed by atoms with Crippen LogP contribution in [0.5, 0.6) is 5.75 Å². The second-order valence-electron chi connectivity index (χ2n) is 7.57. The number of aromatic nitrogens is 4. The van der Waals surface area contributed by atoms with Crippen LogP contribution in [0.25, 0.3) is 33.1 Å². The maximum atomic E-state index is 6.10. The number of ether oxygens (including phenoxy) is 1. The standard InChI is InChI=1S/C26H26N4OS/c1-3-29-18-22(21-13-7-8-14-23(21)29)25-27-28-26(30(25)4-2)32-17-16-31-24-15-9-11-19-10-5-6-12-20(19)24/h5-15,18H,3-4,16-17H2,1-2H3. The van der Waals surface area contributed by atoms with Gasteiger partial charge in [0.15, 0.2) is 11.0 Å². The van der Waals surface area contributed by atoms with Gasteiger partial charge >= 0.3 is 0 Å². The van der Waals surface area contributed by atoms with Crippen molar-refractivity contribution in [3.8, 4) is 17.1 Å². The predicted octanol–water partition coefficient (Wildman–Crippen LogP) is 6.26. The van der Waals surface area contributed by atoms with Crippen LogP contribution in [0, 0.1) is 0 Å². The molecule has 2 aromatic heterocycles. The summed E-state index contributed by atoms with van der Waals surface area (Å²) >= 11 is 1.69. The van der Waals surface area contributed by atoms with E-state index in [0.717, 1.165) is 46.5 Å². The van der Waals surface area contributed by atoms with Gasteiger partial charge in [0.25, 0.3) is 0 Å². The summed E-state index contributed by atoms with van der Waals surface area (Å²) in [6.45, 7) is 6.66. The first-order valence-corrected chi connectivity index (χ1v) is 12.0. The molecular formula is C26H26N4OS. The number of rotatable bonds is 8. The van der Waals surface area contributed by atoms with Crippen LogP contribution in [-0.2, 0) is 13.1 Å². The van der Waals surface area contributed by atoms with E-state index >= 15 is 0 Å². The monoisotopic (exact) mass is 442 g/mol. The van der Waals surface area contributed by atoms with Gasteiger partial charge in [0.05, 0.1) is 6.61 Å². The molecule has 5 aromatic rings. The summed E-state index contributed by atoms with van der Waals surface area (Å²) in [7, 11) is 0.